The smallest absolute Gasteiger partial charge is 0.0975 e. The first-order chi connectivity index (χ1) is 8.25. The molecule has 0 radical (unpaired) electrons. The highest BCUT2D eigenvalue weighted by atomic mass is 79.9. The fourth-order valence-corrected chi connectivity index (χ4v) is 1.80. The van der Waals surface area contributed by atoms with Gasteiger partial charge in [-0.3, -0.25) is 0 Å². The molecule has 0 unspecified atom stereocenters. The molecule has 2 aromatic rings. The van der Waals surface area contributed by atoms with Gasteiger partial charge in [0, 0.05) is 4.47 Å². The van der Waals surface area contributed by atoms with Crippen LogP contribution >= 0.6 is 15.9 Å². The number of benzene rings is 2. The zero-order chi connectivity index (χ0) is 12.1. The van der Waals surface area contributed by atoms with Crippen molar-refractivity contribution in [1.82, 2.24) is 0 Å². The van der Waals surface area contributed by atoms with Crippen molar-refractivity contribution >= 4 is 22.0 Å². The normalized spacial score (nSPS) is 12.8. The zero-order valence-corrected chi connectivity index (χ0v) is 10.8. The minimum absolute atomic E-state index is 0.566. The van der Waals surface area contributed by atoms with E-state index in [9.17, 15) is 5.11 Å². The monoisotopic (exact) mass is 288 g/mol. The van der Waals surface area contributed by atoms with E-state index in [2.05, 4.69) is 15.9 Å². The largest absolute Gasteiger partial charge is 0.384 e. The predicted molar refractivity (Wildman–Crippen MR) is 74.6 cm³/mol. The molecular weight excluding hydrogens is 276 g/mol. The lowest BCUT2D eigenvalue weighted by Crippen LogP contribution is -1.91. The molecule has 2 aromatic carbocycles. The lowest BCUT2D eigenvalue weighted by molar-refractivity contribution is 0.229. The van der Waals surface area contributed by atoms with Gasteiger partial charge in [-0.2, -0.15) is 0 Å². The molecule has 0 bridgehead atoms. The Morgan fingerprint density at radius 1 is 0.941 bits per heavy atom. The Labute approximate surface area is 110 Å². The van der Waals surface area contributed by atoms with Crippen molar-refractivity contribution in [2.75, 3.05) is 0 Å². The maximum atomic E-state index is 9.97. The van der Waals surface area contributed by atoms with E-state index in [0.29, 0.717) is 0 Å². The number of aliphatic hydroxyl groups is 1. The summed E-state index contributed by atoms with van der Waals surface area (Å²) in [5.41, 5.74) is 1.98. The first kappa shape index (κ1) is 12.1. The molecule has 0 aliphatic rings. The van der Waals surface area contributed by atoms with E-state index in [4.69, 9.17) is 0 Å². The Bertz CT molecular complexity index is 488. The lowest BCUT2D eigenvalue weighted by Gasteiger charge is -2.05. The highest BCUT2D eigenvalue weighted by molar-refractivity contribution is 9.10. The average molecular weight is 289 g/mol. The molecule has 2 rings (SSSR count). The van der Waals surface area contributed by atoms with Gasteiger partial charge in [0.2, 0.25) is 0 Å². The van der Waals surface area contributed by atoms with Crippen LogP contribution in [0.15, 0.2) is 65.1 Å². The average Bonchev–Trinajstić information content (AvgIpc) is 2.38. The molecule has 1 atom stereocenters. The van der Waals surface area contributed by atoms with E-state index >= 15 is 0 Å². The number of hydrogen-bond donors (Lipinski definition) is 1. The molecule has 0 heterocycles. The van der Waals surface area contributed by atoms with E-state index in [1.54, 1.807) is 6.08 Å². The number of aliphatic hydroxyl groups excluding tert-OH is 1. The molecule has 0 fully saturated rings. The van der Waals surface area contributed by atoms with Crippen LogP contribution in [0.4, 0.5) is 0 Å². The van der Waals surface area contributed by atoms with E-state index in [0.717, 1.165) is 15.6 Å². The summed E-state index contributed by atoms with van der Waals surface area (Å²) < 4.78 is 1.01. The Balaban J connectivity index is 2.09. The third kappa shape index (κ3) is 3.55. The van der Waals surface area contributed by atoms with Crippen molar-refractivity contribution in [2.45, 2.75) is 6.10 Å². The molecule has 0 aromatic heterocycles. The molecule has 0 amide bonds. The van der Waals surface area contributed by atoms with Crippen LogP contribution in [0.5, 0.6) is 0 Å². The molecule has 0 saturated heterocycles. The second kappa shape index (κ2) is 5.80. The third-order valence-electron chi connectivity index (χ3n) is 2.48. The van der Waals surface area contributed by atoms with E-state index in [1.165, 1.54) is 0 Å². The Morgan fingerprint density at radius 2 is 1.59 bits per heavy atom. The molecular formula is C15H13BrO. The van der Waals surface area contributed by atoms with Gasteiger partial charge in [-0.05, 0) is 23.3 Å². The standard InChI is InChI=1S/C15H13BrO/c16-14-9-7-13(8-10-14)15(17)11-6-12-4-2-1-3-5-12/h1-11,15,17H/b11-6+/t15-/m0/s1. The second-order valence-electron chi connectivity index (χ2n) is 3.77. The molecule has 86 valence electrons. The topological polar surface area (TPSA) is 20.2 Å². The van der Waals surface area contributed by atoms with Crippen LogP contribution in [-0.4, -0.2) is 5.11 Å². The minimum atomic E-state index is -0.566. The van der Waals surface area contributed by atoms with Crippen LogP contribution < -0.4 is 0 Å². The van der Waals surface area contributed by atoms with Gasteiger partial charge in [-0.1, -0.05) is 70.5 Å². The minimum Gasteiger partial charge on any atom is -0.384 e. The molecule has 1 N–H and O–H groups in total. The summed E-state index contributed by atoms with van der Waals surface area (Å²) in [7, 11) is 0. The van der Waals surface area contributed by atoms with E-state index < -0.39 is 6.10 Å². The quantitative estimate of drug-likeness (QED) is 0.898. The first-order valence-electron chi connectivity index (χ1n) is 5.42. The summed E-state index contributed by atoms with van der Waals surface area (Å²) in [4.78, 5) is 0. The van der Waals surface area contributed by atoms with E-state index in [-0.39, 0.29) is 0 Å². The fraction of sp³-hybridized carbons (Fsp3) is 0.0667. The van der Waals surface area contributed by atoms with Gasteiger partial charge in [0.05, 0.1) is 6.10 Å². The second-order valence-corrected chi connectivity index (χ2v) is 4.68. The SMILES string of the molecule is O[C@@H](/C=C/c1ccccc1)c1ccc(Br)cc1. The Hall–Kier alpha value is -1.38. The van der Waals surface area contributed by atoms with Gasteiger partial charge in [-0.15, -0.1) is 0 Å². The lowest BCUT2D eigenvalue weighted by atomic mass is 10.1. The molecule has 1 nitrogen and oxygen atoms in total. The Morgan fingerprint density at radius 3 is 2.24 bits per heavy atom. The summed E-state index contributed by atoms with van der Waals surface area (Å²) in [6.45, 7) is 0. The Kier molecular flexibility index (Phi) is 4.13. The highest BCUT2D eigenvalue weighted by Gasteiger charge is 2.02. The van der Waals surface area contributed by atoms with Crippen molar-refractivity contribution in [3.63, 3.8) is 0 Å². The van der Waals surface area contributed by atoms with Crippen LogP contribution in [-0.2, 0) is 0 Å². The maximum Gasteiger partial charge on any atom is 0.0975 e. The van der Waals surface area contributed by atoms with Crippen LogP contribution in [0.1, 0.15) is 17.2 Å². The number of hydrogen-bond acceptors (Lipinski definition) is 1. The molecule has 0 spiro atoms. The maximum absolute atomic E-state index is 9.97. The summed E-state index contributed by atoms with van der Waals surface area (Å²) in [6, 6.07) is 17.6. The van der Waals surface area contributed by atoms with Gasteiger partial charge in [0.1, 0.15) is 0 Å². The highest BCUT2D eigenvalue weighted by Crippen LogP contribution is 2.18. The predicted octanol–water partition coefficient (Wildman–Crippen LogP) is 4.20. The molecule has 17 heavy (non-hydrogen) atoms. The first-order valence-corrected chi connectivity index (χ1v) is 6.22. The van der Waals surface area contributed by atoms with Gasteiger partial charge >= 0.3 is 0 Å². The van der Waals surface area contributed by atoms with Crippen LogP contribution in [0.3, 0.4) is 0 Å². The van der Waals surface area contributed by atoms with Crippen LogP contribution in [0.25, 0.3) is 6.08 Å². The molecule has 0 saturated carbocycles. The zero-order valence-electron chi connectivity index (χ0n) is 9.25. The van der Waals surface area contributed by atoms with Crippen molar-refractivity contribution in [2.24, 2.45) is 0 Å². The molecule has 0 aliphatic heterocycles. The third-order valence-corrected chi connectivity index (χ3v) is 3.01. The van der Waals surface area contributed by atoms with Crippen molar-refractivity contribution in [3.05, 3.63) is 76.3 Å². The number of rotatable bonds is 3. The van der Waals surface area contributed by atoms with Crippen LogP contribution in [0, 0.1) is 0 Å². The fourth-order valence-electron chi connectivity index (χ4n) is 1.54. The summed E-state index contributed by atoms with van der Waals surface area (Å²) in [5, 5.41) is 9.97. The molecule has 2 heteroatoms. The van der Waals surface area contributed by atoms with Crippen molar-refractivity contribution < 1.29 is 5.11 Å². The van der Waals surface area contributed by atoms with Crippen molar-refractivity contribution in [3.8, 4) is 0 Å². The molecule has 0 aliphatic carbocycles. The van der Waals surface area contributed by atoms with Gasteiger partial charge in [-0.25, -0.2) is 0 Å². The summed E-state index contributed by atoms with van der Waals surface area (Å²) in [6.07, 6.45) is 3.15. The van der Waals surface area contributed by atoms with Gasteiger partial charge in [0.15, 0.2) is 0 Å². The van der Waals surface area contributed by atoms with Gasteiger partial charge in [0.25, 0.3) is 0 Å². The van der Waals surface area contributed by atoms with Crippen LogP contribution in [0.2, 0.25) is 0 Å². The summed E-state index contributed by atoms with van der Waals surface area (Å²) >= 11 is 3.37. The van der Waals surface area contributed by atoms with Gasteiger partial charge < -0.3 is 5.11 Å². The van der Waals surface area contributed by atoms with Crippen molar-refractivity contribution in [1.29, 1.82) is 0 Å². The van der Waals surface area contributed by atoms with E-state index in [1.807, 2.05) is 60.7 Å². The summed E-state index contributed by atoms with van der Waals surface area (Å²) in [5.74, 6) is 0. The number of halogens is 1.